The lowest BCUT2D eigenvalue weighted by Gasteiger charge is -2.36. The van der Waals surface area contributed by atoms with E-state index in [4.69, 9.17) is 4.74 Å². The molecule has 0 radical (unpaired) electrons. The number of hydrogen-bond donors (Lipinski definition) is 1. The fourth-order valence-electron chi connectivity index (χ4n) is 2.69. The van der Waals surface area contributed by atoms with Crippen molar-refractivity contribution in [2.45, 2.75) is 25.7 Å². The summed E-state index contributed by atoms with van der Waals surface area (Å²) in [4.78, 5) is 0. The van der Waals surface area contributed by atoms with E-state index in [2.05, 4.69) is 36.6 Å². The van der Waals surface area contributed by atoms with E-state index >= 15 is 0 Å². The Hall–Kier alpha value is -1.02. The molecule has 0 aromatic heterocycles. The van der Waals surface area contributed by atoms with E-state index in [0.717, 1.165) is 17.6 Å². The van der Waals surface area contributed by atoms with Gasteiger partial charge in [-0.25, -0.2) is 0 Å². The Morgan fingerprint density at radius 3 is 2.41 bits per heavy atom. The molecule has 0 saturated heterocycles. The van der Waals surface area contributed by atoms with Crippen molar-refractivity contribution >= 4 is 0 Å². The molecule has 0 bridgehead atoms. The third-order valence-corrected chi connectivity index (χ3v) is 4.00. The van der Waals surface area contributed by atoms with Gasteiger partial charge in [0.15, 0.2) is 0 Å². The molecule has 2 rings (SSSR count). The van der Waals surface area contributed by atoms with Gasteiger partial charge in [0.05, 0.1) is 7.11 Å². The summed E-state index contributed by atoms with van der Waals surface area (Å²) in [6.07, 6.45) is 5.37. The number of benzene rings is 1. The minimum Gasteiger partial charge on any atom is -0.497 e. The minimum absolute atomic E-state index is 0.915. The van der Waals surface area contributed by atoms with Gasteiger partial charge in [-0.2, -0.15) is 0 Å². The lowest BCUT2D eigenvalue weighted by Crippen LogP contribution is -2.34. The highest BCUT2D eigenvalue weighted by atomic mass is 16.5. The highest BCUT2D eigenvalue weighted by molar-refractivity contribution is 5.27. The van der Waals surface area contributed by atoms with Crippen molar-refractivity contribution < 1.29 is 4.74 Å². The molecule has 1 fully saturated rings. The summed E-state index contributed by atoms with van der Waals surface area (Å²) >= 11 is 0. The molecule has 2 heteroatoms. The van der Waals surface area contributed by atoms with E-state index in [0.29, 0.717) is 0 Å². The maximum atomic E-state index is 5.17. The van der Waals surface area contributed by atoms with Crippen molar-refractivity contribution in [3.8, 4) is 5.75 Å². The van der Waals surface area contributed by atoms with E-state index in [9.17, 15) is 0 Å². The van der Waals surface area contributed by atoms with Crippen LogP contribution in [0.3, 0.4) is 0 Å². The van der Waals surface area contributed by atoms with Crippen molar-refractivity contribution in [3.05, 3.63) is 29.8 Å². The van der Waals surface area contributed by atoms with Gasteiger partial charge in [-0.1, -0.05) is 12.1 Å². The molecule has 1 aromatic rings. The van der Waals surface area contributed by atoms with Crippen LogP contribution >= 0.6 is 0 Å². The van der Waals surface area contributed by atoms with Crippen molar-refractivity contribution in [1.82, 2.24) is 5.32 Å². The largest absolute Gasteiger partial charge is 0.497 e. The Bertz CT molecular complexity index is 333. The van der Waals surface area contributed by atoms with Crippen molar-refractivity contribution in [2.24, 2.45) is 11.8 Å². The first kappa shape index (κ1) is 12.4. The minimum atomic E-state index is 0.915. The number of ether oxygens (including phenoxy) is 1. The van der Waals surface area contributed by atoms with Gasteiger partial charge in [0, 0.05) is 0 Å². The quantitative estimate of drug-likeness (QED) is 0.815. The number of rotatable bonds is 6. The Morgan fingerprint density at radius 1 is 1.18 bits per heavy atom. The van der Waals surface area contributed by atoms with Gasteiger partial charge in [0.2, 0.25) is 0 Å². The van der Waals surface area contributed by atoms with Gasteiger partial charge in [0.25, 0.3) is 0 Å². The molecule has 1 aliphatic carbocycles. The molecule has 0 spiro atoms. The predicted octanol–water partition coefficient (Wildman–Crippen LogP) is 2.87. The third-order valence-electron chi connectivity index (χ3n) is 4.00. The lowest BCUT2D eigenvalue weighted by molar-refractivity contribution is 0.163. The van der Waals surface area contributed by atoms with Gasteiger partial charge in [0.1, 0.15) is 5.75 Å². The monoisotopic (exact) mass is 233 g/mol. The van der Waals surface area contributed by atoms with Gasteiger partial charge in [-0.05, 0) is 68.8 Å². The smallest absolute Gasteiger partial charge is 0.118 e. The molecular weight excluding hydrogens is 210 g/mol. The topological polar surface area (TPSA) is 21.3 Å². The van der Waals surface area contributed by atoms with Crippen LogP contribution in [0.2, 0.25) is 0 Å². The van der Waals surface area contributed by atoms with Gasteiger partial charge in [-0.3, -0.25) is 0 Å². The normalized spacial score (nSPS) is 23.2. The second-order valence-corrected chi connectivity index (χ2v) is 5.04. The van der Waals surface area contributed by atoms with E-state index in [1.165, 1.54) is 37.8 Å². The summed E-state index contributed by atoms with van der Waals surface area (Å²) in [5.74, 6) is 2.80. The van der Waals surface area contributed by atoms with Gasteiger partial charge < -0.3 is 10.1 Å². The number of hydrogen-bond acceptors (Lipinski definition) is 2. The Labute approximate surface area is 104 Å². The van der Waals surface area contributed by atoms with E-state index in [1.54, 1.807) is 7.11 Å². The lowest BCUT2D eigenvalue weighted by atomic mass is 9.71. The summed E-state index contributed by atoms with van der Waals surface area (Å²) in [6, 6.07) is 8.48. The summed E-state index contributed by atoms with van der Waals surface area (Å²) < 4.78 is 5.17. The molecule has 2 nitrogen and oxygen atoms in total. The van der Waals surface area contributed by atoms with Gasteiger partial charge >= 0.3 is 0 Å². The van der Waals surface area contributed by atoms with Crippen LogP contribution in [0, 0.1) is 11.8 Å². The number of aryl methyl sites for hydroxylation is 1. The summed E-state index contributed by atoms with van der Waals surface area (Å²) in [6.45, 7) is 1.19. The molecule has 17 heavy (non-hydrogen) atoms. The zero-order valence-electron chi connectivity index (χ0n) is 10.9. The standard InChI is InChI=1S/C15H23NO/c1-16-11-14-8-7-13(14)6-3-12-4-9-15(17-2)10-5-12/h4-5,9-10,13-14,16H,3,6-8,11H2,1-2H3. The zero-order valence-corrected chi connectivity index (χ0v) is 10.9. The maximum absolute atomic E-state index is 5.17. The second kappa shape index (κ2) is 6.06. The molecule has 1 saturated carbocycles. The summed E-state index contributed by atoms with van der Waals surface area (Å²) in [5, 5.41) is 3.30. The fourth-order valence-corrected chi connectivity index (χ4v) is 2.69. The SMILES string of the molecule is CNCC1CCC1CCc1ccc(OC)cc1. The summed E-state index contributed by atoms with van der Waals surface area (Å²) in [7, 11) is 3.77. The van der Waals surface area contributed by atoms with Crippen LogP contribution < -0.4 is 10.1 Å². The van der Waals surface area contributed by atoms with Crippen molar-refractivity contribution in [2.75, 3.05) is 20.7 Å². The maximum Gasteiger partial charge on any atom is 0.118 e. The molecule has 0 heterocycles. The van der Waals surface area contributed by atoms with Crippen molar-refractivity contribution in [1.29, 1.82) is 0 Å². The second-order valence-electron chi connectivity index (χ2n) is 5.04. The van der Waals surface area contributed by atoms with Gasteiger partial charge in [-0.15, -0.1) is 0 Å². The zero-order chi connectivity index (χ0) is 12.1. The van der Waals surface area contributed by atoms with Crippen molar-refractivity contribution in [3.63, 3.8) is 0 Å². The number of nitrogens with one attached hydrogen (secondary N) is 1. The molecule has 1 N–H and O–H groups in total. The van der Waals surface area contributed by atoms with E-state index in [1.807, 2.05) is 0 Å². The molecule has 2 atom stereocenters. The average molecular weight is 233 g/mol. The molecule has 94 valence electrons. The Balaban J connectivity index is 1.77. The first-order chi connectivity index (χ1) is 8.33. The Morgan fingerprint density at radius 2 is 1.88 bits per heavy atom. The Kier molecular flexibility index (Phi) is 4.43. The molecule has 0 aliphatic heterocycles. The molecule has 1 aromatic carbocycles. The average Bonchev–Trinajstić information content (AvgIpc) is 2.35. The van der Waals surface area contributed by atoms with Crippen LogP contribution in [0.5, 0.6) is 5.75 Å². The van der Waals surface area contributed by atoms with Crippen LogP contribution in [0.1, 0.15) is 24.8 Å². The molecule has 2 unspecified atom stereocenters. The van der Waals surface area contributed by atoms with Crippen LogP contribution in [-0.4, -0.2) is 20.7 Å². The van der Waals surface area contributed by atoms with Crippen LogP contribution in [0.25, 0.3) is 0 Å². The summed E-state index contributed by atoms with van der Waals surface area (Å²) in [5.41, 5.74) is 1.43. The van der Waals surface area contributed by atoms with Crippen LogP contribution in [-0.2, 0) is 6.42 Å². The number of methoxy groups -OCH3 is 1. The van der Waals surface area contributed by atoms with Crippen LogP contribution in [0.4, 0.5) is 0 Å². The third kappa shape index (κ3) is 3.22. The molecule has 1 aliphatic rings. The highest BCUT2D eigenvalue weighted by Crippen LogP contribution is 2.37. The first-order valence-electron chi connectivity index (χ1n) is 6.61. The first-order valence-corrected chi connectivity index (χ1v) is 6.61. The highest BCUT2D eigenvalue weighted by Gasteiger charge is 2.29. The van der Waals surface area contributed by atoms with E-state index < -0.39 is 0 Å². The fraction of sp³-hybridized carbons (Fsp3) is 0.600. The molecule has 0 amide bonds. The molecular formula is C15H23NO. The van der Waals surface area contributed by atoms with Crippen LogP contribution in [0.15, 0.2) is 24.3 Å². The predicted molar refractivity (Wildman–Crippen MR) is 71.5 cm³/mol. The van der Waals surface area contributed by atoms with E-state index in [-0.39, 0.29) is 0 Å².